The Labute approximate surface area is 167 Å². The number of nitrogens with one attached hydrogen (secondary N) is 3. The summed E-state index contributed by atoms with van der Waals surface area (Å²) in [6, 6.07) is 7.54. The number of hydrogen-bond acceptors (Lipinski definition) is 4. The van der Waals surface area contributed by atoms with Crippen LogP contribution in [0.2, 0.25) is 5.02 Å². The van der Waals surface area contributed by atoms with Crippen molar-refractivity contribution in [1.82, 2.24) is 10.6 Å². The second-order valence-electron chi connectivity index (χ2n) is 5.84. The van der Waals surface area contributed by atoms with Gasteiger partial charge in [-0.25, -0.2) is 12.8 Å². The van der Waals surface area contributed by atoms with E-state index >= 15 is 0 Å². The van der Waals surface area contributed by atoms with E-state index in [0.717, 1.165) is 18.2 Å². The number of sulfonamides is 1. The fourth-order valence-corrected chi connectivity index (χ4v) is 3.53. The number of anilines is 1. The van der Waals surface area contributed by atoms with Crippen molar-refractivity contribution in [3.8, 4) is 0 Å². The van der Waals surface area contributed by atoms with Gasteiger partial charge in [0, 0.05) is 12.2 Å². The van der Waals surface area contributed by atoms with Crippen molar-refractivity contribution in [2.75, 3.05) is 11.3 Å². The van der Waals surface area contributed by atoms with Gasteiger partial charge >= 0.3 is 0 Å². The zero-order chi connectivity index (χ0) is 20.9. The highest BCUT2D eigenvalue weighted by molar-refractivity contribution is 7.92. The Morgan fingerprint density at radius 1 is 1.14 bits per heavy atom. The van der Waals surface area contributed by atoms with Gasteiger partial charge in [0.15, 0.2) is 0 Å². The molecule has 0 heterocycles. The van der Waals surface area contributed by atoms with Gasteiger partial charge in [-0.3, -0.25) is 14.3 Å². The molecule has 1 atom stereocenters. The van der Waals surface area contributed by atoms with E-state index in [1.165, 1.54) is 31.2 Å². The number of rotatable bonds is 7. The van der Waals surface area contributed by atoms with E-state index in [0.29, 0.717) is 6.54 Å². The molecule has 2 aromatic rings. The van der Waals surface area contributed by atoms with Crippen LogP contribution < -0.4 is 15.4 Å². The standard InChI is InChI=1S/C18H19ClFN3O4S/c1-3-21-17(24)11(2)22-18(25)15-10-14(8-9-16(15)19)28(26,27)23-13-6-4-12(20)5-7-13/h4-11,23H,3H2,1-2H3,(H,21,24)(H,22,25)/t11-/m0/s1. The summed E-state index contributed by atoms with van der Waals surface area (Å²) >= 11 is 6.02. The molecule has 0 fully saturated rings. The first-order valence-corrected chi connectivity index (χ1v) is 10.2. The molecule has 0 radical (unpaired) electrons. The normalized spacial score (nSPS) is 12.1. The number of halogens is 2. The molecule has 2 amide bonds. The Kier molecular flexibility index (Phi) is 6.98. The van der Waals surface area contributed by atoms with E-state index in [9.17, 15) is 22.4 Å². The van der Waals surface area contributed by atoms with Crippen LogP contribution >= 0.6 is 11.6 Å². The van der Waals surface area contributed by atoms with E-state index in [1.807, 2.05) is 0 Å². The minimum atomic E-state index is -4.04. The molecule has 0 aromatic heterocycles. The van der Waals surface area contributed by atoms with Crippen LogP contribution in [-0.4, -0.2) is 32.8 Å². The lowest BCUT2D eigenvalue weighted by Crippen LogP contribution is -2.44. The first-order chi connectivity index (χ1) is 13.1. The molecule has 0 spiro atoms. The highest BCUT2D eigenvalue weighted by atomic mass is 35.5. The Hall–Kier alpha value is -2.65. The average Bonchev–Trinajstić information content (AvgIpc) is 2.63. The minimum Gasteiger partial charge on any atom is -0.355 e. The molecule has 0 aliphatic carbocycles. The maximum Gasteiger partial charge on any atom is 0.261 e. The lowest BCUT2D eigenvalue weighted by atomic mass is 10.2. The van der Waals surface area contributed by atoms with Gasteiger partial charge in [0.25, 0.3) is 15.9 Å². The molecule has 150 valence electrons. The highest BCUT2D eigenvalue weighted by Gasteiger charge is 2.21. The fourth-order valence-electron chi connectivity index (χ4n) is 2.24. The second-order valence-corrected chi connectivity index (χ2v) is 7.93. The molecule has 10 heteroatoms. The summed E-state index contributed by atoms with van der Waals surface area (Å²) in [5, 5.41) is 5.06. The fraction of sp³-hybridized carbons (Fsp3) is 0.222. The maximum atomic E-state index is 13.0. The Morgan fingerprint density at radius 2 is 1.79 bits per heavy atom. The average molecular weight is 428 g/mol. The van der Waals surface area contributed by atoms with Crippen LogP contribution in [0.25, 0.3) is 0 Å². The second kappa shape index (κ2) is 9.03. The van der Waals surface area contributed by atoms with Gasteiger partial charge in [-0.1, -0.05) is 11.6 Å². The van der Waals surface area contributed by atoms with Crippen LogP contribution in [0, 0.1) is 5.82 Å². The highest BCUT2D eigenvalue weighted by Crippen LogP contribution is 2.23. The van der Waals surface area contributed by atoms with E-state index in [-0.39, 0.29) is 27.1 Å². The number of carbonyl (C=O) groups is 2. The molecule has 0 aliphatic heterocycles. The van der Waals surface area contributed by atoms with Crippen molar-refractivity contribution in [3.63, 3.8) is 0 Å². The first-order valence-electron chi connectivity index (χ1n) is 8.30. The smallest absolute Gasteiger partial charge is 0.261 e. The summed E-state index contributed by atoms with van der Waals surface area (Å²) in [4.78, 5) is 24.0. The third-order valence-electron chi connectivity index (χ3n) is 3.68. The number of amides is 2. The zero-order valence-corrected chi connectivity index (χ0v) is 16.7. The van der Waals surface area contributed by atoms with Crippen LogP contribution in [-0.2, 0) is 14.8 Å². The minimum absolute atomic E-state index is 0.0290. The summed E-state index contributed by atoms with van der Waals surface area (Å²) in [6.07, 6.45) is 0. The molecule has 0 saturated heterocycles. The van der Waals surface area contributed by atoms with Crippen LogP contribution in [0.15, 0.2) is 47.4 Å². The summed E-state index contributed by atoms with van der Waals surface area (Å²) in [7, 11) is -4.04. The number of carbonyl (C=O) groups excluding carboxylic acids is 2. The molecule has 0 aliphatic rings. The van der Waals surface area contributed by atoms with Crippen molar-refractivity contribution in [2.45, 2.75) is 24.8 Å². The monoisotopic (exact) mass is 427 g/mol. The van der Waals surface area contributed by atoms with E-state index in [4.69, 9.17) is 11.6 Å². The van der Waals surface area contributed by atoms with Crippen molar-refractivity contribution < 1.29 is 22.4 Å². The van der Waals surface area contributed by atoms with Gasteiger partial charge in [0.1, 0.15) is 11.9 Å². The quantitative estimate of drug-likeness (QED) is 0.631. The van der Waals surface area contributed by atoms with Gasteiger partial charge in [-0.05, 0) is 56.3 Å². The van der Waals surface area contributed by atoms with Crippen molar-refractivity contribution in [1.29, 1.82) is 0 Å². The third kappa shape index (κ3) is 5.43. The number of hydrogen-bond donors (Lipinski definition) is 3. The van der Waals surface area contributed by atoms with Gasteiger partial charge in [-0.15, -0.1) is 0 Å². The van der Waals surface area contributed by atoms with Gasteiger partial charge in [0.05, 0.1) is 15.5 Å². The lowest BCUT2D eigenvalue weighted by Gasteiger charge is -2.15. The van der Waals surface area contributed by atoms with Crippen LogP contribution in [0.3, 0.4) is 0 Å². The Morgan fingerprint density at radius 3 is 2.39 bits per heavy atom. The number of benzene rings is 2. The van der Waals surface area contributed by atoms with Gasteiger partial charge in [0.2, 0.25) is 5.91 Å². The molecular formula is C18H19ClFN3O4S. The van der Waals surface area contributed by atoms with Crippen LogP contribution in [0.5, 0.6) is 0 Å². The van der Waals surface area contributed by atoms with Crippen molar-refractivity contribution in [3.05, 3.63) is 58.9 Å². The molecular weight excluding hydrogens is 409 g/mol. The first kappa shape index (κ1) is 21.6. The maximum absolute atomic E-state index is 13.0. The SMILES string of the molecule is CCNC(=O)[C@H](C)NC(=O)c1cc(S(=O)(=O)Nc2ccc(F)cc2)ccc1Cl. The van der Waals surface area contributed by atoms with Crippen molar-refractivity contribution in [2.24, 2.45) is 0 Å². The molecule has 0 bridgehead atoms. The van der Waals surface area contributed by atoms with E-state index < -0.39 is 27.8 Å². The predicted molar refractivity (Wildman–Crippen MR) is 104 cm³/mol. The largest absolute Gasteiger partial charge is 0.355 e. The summed E-state index contributed by atoms with van der Waals surface area (Å²) in [5.41, 5.74) is 0.0620. The molecule has 3 N–H and O–H groups in total. The molecule has 0 unspecified atom stereocenters. The summed E-state index contributed by atoms with van der Waals surface area (Å²) in [5.74, 6) is -1.58. The molecule has 0 saturated carbocycles. The topological polar surface area (TPSA) is 104 Å². The van der Waals surface area contributed by atoms with Gasteiger partial charge in [-0.2, -0.15) is 0 Å². The van der Waals surface area contributed by atoms with E-state index in [2.05, 4.69) is 15.4 Å². The summed E-state index contributed by atoms with van der Waals surface area (Å²) in [6.45, 7) is 3.64. The van der Waals surface area contributed by atoms with E-state index in [1.54, 1.807) is 6.92 Å². The number of likely N-dealkylation sites (N-methyl/N-ethyl adjacent to an activating group) is 1. The Balaban J connectivity index is 2.25. The molecule has 2 rings (SSSR count). The predicted octanol–water partition coefficient (Wildman–Crippen LogP) is 2.53. The molecule has 7 nitrogen and oxygen atoms in total. The summed E-state index contributed by atoms with van der Waals surface area (Å²) < 4.78 is 40.4. The lowest BCUT2D eigenvalue weighted by molar-refractivity contribution is -0.122. The zero-order valence-electron chi connectivity index (χ0n) is 15.1. The van der Waals surface area contributed by atoms with Crippen LogP contribution in [0.4, 0.5) is 10.1 Å². The Bertz CT molecular complexity index is 981. The van der Waals surface area contributed by atoms with Crippen LogP contribution in [0.1, 0.15) is 24.2 Å². The third-order valence-corrected chi connectivity index (χ3v) is 5.39. The molecule has 2 aromatic carbocycles. The van der Waals surface area contributed by atoms with Crippen molar-refractivity contribution >= 4 is 39.1 Å². The van der Waals surface area contributed by atoms with Gasteiger partial charge < -0.3 is 10.6 Å². The molecule has 28 heavy (non-hydrogen) atoms.